The second kappa shape index (κ2) is 8.62. The number of aryl methyl sites for hydroxylation is 1. The molecular formula is C18H19ClN2O5. The second-order valence-corrected chi connectivity index (χ2v) is 6.11. The number of aromatic nitrogens is 2. The van der Waals surface area contributed by atoms with E-state index in [9.17, 15) is 14.4 Å². The Morgan fingerprint density at radius 1 is 1.12 bits per heavy atom. The minimum atomic E-state index is -1.28. The number of rotatable bonds is 7. The lowest BCUT2D eigenvalue weighted by Gasteiger charge is -2.23. The number of Topliss-reactive ketones (excluding diaryl/α,β-unsaturated/α-hetero) is 1. The van der Waals surface area contributed by atoms with Gasteiger partial charge in [0.2, 0.25) is 0 Å². The number of methoxy groups -OCH3 is 2. The summed E-state index contributed by atoms with van der Waals surface area (Å²) in [6, 6.07) is 6.58. The molecule has 0 saturated carbocycles. The van der Waals surface area contributed by atoms with Gasteiger partial charge in [0.15, 0.2) is 17.5 Å². The largest absolute Gasteiger partial charge is 0.468 e. The molecule has 1 aromatic heterocycles. The summed E-state index contributed by atoms with van der Waals surface area (Å²) < 4.78 is 11.1. The summed E-state index contributed by atoms with van der Waals surface area (Å²) in [6.45, 7) is 0. The molecule has 0 radical (unpaired) electrons. The van der Waals surface area contributed by atoms with E-state index in [2.05, 4.69) is 4.98 Å². The van der Waals surface area contributed by atoms with Crippen LogP contribution in [0.3, 0.4) is 0 Å². The van der Waals surface area contributed by atoms with Gasteiger partial charge in [-0.15, -0.1) is 0 Å². The molecule has 1 aromatic carbocycles. The number of ether oxygens (including phenoxy) is 2. The van der Waals surface area contributed by atoms with Crippen LogP contribution in [0.1, 0.15) is 28.5 Å². The number of halogens is 1. The minimum absolute atomic E-state index is 0.124. The summed E-state index contributed by atoms with van der Waals surface area (Å²) >= 11 is 5.92. The number of ketones is 1. The van der Waals surface area contributed by atoms with Gasteiger partial charge in [0.1, 0.15) is 0 Å². The summed E-state index contributed by atoms with van der Waals surface area (Å²) in [5, 5.41) is 0.496. The van der Waals surface area contributed by atoms with E-state index in [4.69, 9.17) is 21.1 Å². The Bertz CT molecular complexity index is 784. The van der Waals surface area contributed by atoms with Crippen LogP contribution in [-0.4, -0.2) is 41.5 Å². The van der Waals surface area contributed by atoms with E-state index in [0.29, 0.717) is 10.6 Å². The Morgan fingerprint density at radius 2 is 1.69 bits per heavy atom. The van der Waals surface area contributed by atoms with E-state index in [-0.39, 0.29) is 18.0 Å². The highest BCUT2D eigenvalue weighted by atomic mass is 35.5. The Labute approximate surface area is 155 Å². The molecule has 0 saturated heterocycles. The molecule has 2 rings (SSSR count). The van der Waals surface area contributed by atoms with Gasteiger partial charge >= 0.3 is 11.9 Å². The zero-order chi connectivity index (χ0) is 19.3. The minimum Gasteiger partial charge on any atom is -0.468 e. The molecule has 0 fully saturated rings. The van der Waals surface area contributed by atoms with Gasteiger partial charge in [-0.05, 0) is 17.7 Å². The van der Waals surface area contributed by atoms with Crippen molar-refractivity contribution in [1.82, 2.24) is 9.55 Å². The molecule has 0 bridgehead atoms. The summed E-state index contributed by atoms with van der Waals surface area (Å²) in [5.41, 5.74) is 0.595. The first-order valence-corrected chi connectivity index (χ1v) is 8.18. The van der Waals surface area contributed by atoms with Crippen LogP contribution in [0.25, 0.3) is 0 Å². The maximum absolute atomic E-state index is 12.7. The standard InChI is InChI=1S/C18H19ClN2O5/c1-21-9-8-20-16(21)14(22)10-13(11-4-6-12(19)7-5-11)15(17(23)25-2)18(24)26-3/h4-9,13,15H,10H2,1-3H3. The molecule has 0 N–H and O–H groups in total. The Balaban J connectivity index is 2.45. The average molecular weight is 379 g/mol. The summed E-state index contributed by atoms with van der Waals surface area (Å²) in [5.74, 6) is -3.69. The second-order valence-electron chi connectivity index (χ2n) is 5.67. The van der Waals surface area contributed by atoms with Gasteiger partial charge in [0.25, 0.3) is 0 Å². The molecule has 0 aliphatic heterocycles. The van der Waals surface area contributed by atoms with Crippen molar-refractivity contribution in [2.75, 3.05) is 14.2 Å². The predicted molar refractivity (Wildman–Crippen MR) is 93.9 cm³/mol. The van der Waals surface area contributed by atoms with Crippen molar-refractivity contribution in [3.63, 3.8) is 0 Å². The molecule has 0 amide bonds. The number of nitrogens with zero attached hydrogens (tertiary/aromatic N) is 2. The van der Waals surface area contributed by atoms with Crippen LogP contribution in [0.4, 0.5) is 0 Å². The fourth-order valence-corrected chi connectivity index (χ4v) is 2.87. The zero-order valence-corrected chi connectivity index (χ0v) is 15.4. The summed E-state index contributed by atoms with van der Waals surface area (Å²) in [6.07, 6.45) is 3.02. The maximum atomic E-state index is 12.7. The topological polar surface area (TPSA) is 87.5 Å². The Hall–Kier alpha value is -2.67. The van der Waals surface area contributed by atoms with Gasteiger partial charge in [-0.1, -0.05) is 23.7 Å². The van der Waals surface area contributed by atoms with Gasteiger partial charge in [-0.25, -0.2) is 4.98 Å². The van der Waals surface area contributed by atoms with Crippen LogP contribution < -0.4 is 0 Å². The molecular weight excluding hydrogens is 360 g/mol. The number of hydrogen-bond donors (Lipinski definition) is 0. The van der Waals surface area contributed by atoms with E-state index < -0.39 is 23.8 Å². The van der Waals surface area contributed by atoms with Crippen LogP contribution in [0.2, 0.25) is 5.02 Å². The molecule has 1 atom stereocenters. The Morgan fingerprint density at radius 3 is 2.15 bits per heavy atom. The van der Waals surface area contributed by atoms with Gasteiger partial charge in [0, 0.05) is 36.8 Å². The molecule has 1 unspecified atom stereocenters. The van der Waals surface area contributed by atoms with Gasteiger partial charge in [-0.3, -0.25) is 14.4 Å². The molecule has 0 spiro atoms. The average Bonchev–Trinajstić information content (AvgIpc) is 3.07. The zero-order valence-electron chi connectivity index (χ0n) is 14.6. The molecule has 1 heterocycles. The number of carbonyl (C=O) groups is 3. The van der Waals surface area contributed by atoms with Crippen LogP contribution in [0, 0.1) is 5.92 Å². The third-order valence-electron chi connectivity index (χ3n) is 4.09. The molecule has 0 aliphatic carbocycles. The van der Waals surface area contributed by atoms with E-state index in [0.717, 1.165) is 0 Å². The first kappa shape index (κ1) is 19.7. The van der Waals surface area contributed by atoms with Crippen LogP contribution >= 0.6 is 11.6 Å². The van der Waals surface area contributed by atoms with Crippen LogP contribution in [0.15, 0.2) is 36.7 Å². The van der Waals surface area contributed by atoms with Gasteiger partial charge < -0.3 is 14.0 Å². The number of esters is 2. The lowest BCUT2D eigenvalue weighted by atomic mass is 9.82. The van der Waals surface area contributed by atoms with E-state index in [1.54, 1.807) is 42.1 Å². The number of carbonyl (C=O) groups excluding carboxylic acids is 3. The van der Waals surface area contributed by atoms with Gasteiger partial charge in [0.05, 0.1) is 14.2 Å². The lowest BCUT2D eigenvalue weighted by molar-refractivity contribution is -0.159. The monoisotopic (exact) mass is 378 g/mol. The summed E-state index contributed by atoms with van der Waals surface area (Å²) in [7, 11) is 4.05. The molecule has 138 valence electrons. The normalized spacial score (nSPS) is 11.9. The smallest absolute Gasteiger partial charge is 0.320 e. The van der Waals surface area contributed by atoms with Gasteiger partial charge in [-0.2, -0.15) is 0 Å². The lowest BCUT2D eigenvalue weighted by Crippen LogP contribution is -2.33. The van der Waals surface area contributed by atoms with Crippen molar-refractivity contribution in [2.45, 2.75) is 12.3 Å². The molecule has 7 nitrogen and oxygen atoms in total. The molecule has 0 aliphatic rings. The van der Waals surface area contributed by atoms with Crippen LogP contribution in [-0.2, 0) is 26.1 Å². The number of hydrogen-bond acceptors (Lipinski definition) is 6. The van der Waals surface area contributed by atoms with Crippen molar-refractivity contribution >= 4 is 29.3 Å². The molecule has 26 heavy (non-hydrogen) atoms. The molecule has 2 aromatic rings. The van der Waals surface area contributed by atoms with Crippen molar-refractivity contribution in [3.8, 4) is 0 Å². The summed E-state index contributed by atoms with van der Waals surface area (Å²) in [4.78, 5) is 41.2. The van der Waals surface area contributed by atoms with Crippen molar-refractivity contribution in [3.05, 3.63) is 53.1 Å². The fraction of sp³-hybridized carbons (Fsp3) is 0.333. The predicted octanol–water partition coefficient (Wildman–Crippen LogP) is 2.39. The first-order chi connectivity index (χ1) is 12.4. The quantitative estimate of drug-likeness (QED) is 0.417. The SMILES string of the molecule is COC(=O)C(C(=O)OC)C(CC(=O)c1nccn1C)c1ccc(Cl)cc1. The van der Waals surface area contributed by atoms with Crippen molar-refractivity contribution < 1.29 is 23.9 Å². The third kappa shape index (κ3) is 4.29. The fourth-order valence-electron chi connectivity index (χ4n) is 2.74. The first-order valence-electron chi connectivity index (χ1n) is 7.80. The maximum Gasteiger partial charge on any atom is 0.320 e. The Kier molecular flexibility index (Phi) is 6.52. The van der Waals surface area contributed by atoms with Crippen LogP contribution in [0.5, 0.6) is 0 Å². The highest BCUT2D eigenvalue weighted by molar-refractivity contribution is 6.30. The van der Waals surface area contributed by atoms with E-state index >= 15 is 0 Å². The molecule has 8 heteroatoms. The number of benzene rings is 1. The number of imidazole rings is 1. The third-order valence-corrected chi connectivity index (χ3v) is 4.34. The van der Waals surface area contributed by atoms with E-state index in [1.807, 2.05) is 0 Å². The van der Waals surface area contributed by atoms with Crippen molar-refractivity contribution in [1.29, 1.82) is 0 Å². The highest BCUT2D eigenvalue weighted by Gasteiger charge is 2.39. The van der Waals surface area contributed by atoms with Crippen molar-refractivity contribution in [2.24, 2.45) is 13.0 Å². The van der Waals surface area contributed by atoms with E-state index in [1.165, 1.54) is 20.4 Å². The highest BCUT2D eigenvalue weighted by Crippen LogP contribution is 2.32.